The molecule has 0 unspecified atom stereocenters. The van der Waals surface area contributed by atoms with Crippen LogP contribution < -0.4 is 16.4 Å². The highest BCUT2D eigenvalue weighted by Gasteiger charge is 2.29. The van der Waals surface area contributed by atoms with Gasteiger partial charge in [-0.2, -0.15) is 0 Å². The summed E-state index contributed by atoms with van der Waals surface area (Å²) in [6, 6.07) is 7.66. The minimum absolute atomic E-state index is 0.0137. The van der Waals surface area contributed by atoms with E-state index in [1.54, 1.807) is 6.07 Å². The number of benzene rings is 1. The van der Waals surface area contributed by atoms with E-state index in [9.17, 15) is 9.59 Å². The number of nitrogens with one attached hydrogen (secondary N) is 2. The first-order chi connectivity index (χ1) is 11.2. The normalized spacial score (nSPS) is 23.5. The van der Waals surface area contributed by atoms with E-state index in [1.165, 1.54) is 0 Å². The fourth-order valence-electron chi connectivity index (χ4n) is 2.69. The fourth-order valence-corrected chi connectivity index (χ4v) is 2.69. The molecule has 2 amide bonds. The lowest BCUT2D eigenvalue weighted by atomic mass is 10.1. The maximum Gasteiger partial charge on any atom is 0.251 e. The van der Waals surface area contributed by atoms with Crippen molar-refractivity contribution >= 4 is 11.8 Å². The summed E-state index contributed by atoms with van der Waals surface area (Å²) >= 11 is 0. The summed E-state index contributed by atoms with van der Waals surface area (Å²) in [6.07, 6.45) is 3.23. The third-order valence-electron chi connectivity index (χ3n) is 4.23. The van der Waals surface area contributed by atoms with Crippen molar-refractivity contribution in [1.82, 2.24) is 10.6 Å². The molecule has 6 nitrogen and oxygen atoms in total. The molecule has 23 heavy (non-hydrogen) atoms. The molecule has 124 valence electrons. The number of carbonyl (C=O) groups is 2. The average molecular weight is 317 g/mol. The highest BCUT2D eigenvalue weighted by Crippen LogP contribution is 2.20. The van der Waals surface area contributed by atoms with Crippen LogP contribution in [0.25, 0.3) is 0 Å². The molecule has 1 saturated heterocycles. The lowest BCUT2D eigenvalue weighted by molar-refractivity contribution is -0.132. The van der Waals surface area contributed by atoms with Crippen molar-refractivity contribution in [2.75, 3.05) is 6.54 Å². The Hall–Kier alpha value is -1.92. The second-order valence-corrected chi connectivity index (χ2v) is 6.23. The second kappa shape index (κ2) is 7.10. The van der Waals surface area contributed by atoms with Crippen molar-refractivity contribution in [3.63, 3.8) is 0 Å². The van der Waals surface area contributed by atoms with Crippen molar-refractivity contribution in [3.05, 3.63) is 35.4 Å². The van der Waals surface area contributed by atoms with Gasteiger partial charge in [-0.15, -0.1) is 0 Å². The van der Waals surface area contributed by atoms with Gasteiger partial charge in [0.1, 0.15) is 6.10 Å². The van der Waals surface area contributed by atoms with E-state index in [0.29, 0.717) is 31.1 Å². The minimum Gasteiger partial charge on any atom is -0.364 e. The lowest BCUT2D eigenvalue weighted by Gasteiger charge is -2.13. The number of amides is 2. The summed E-state index contributed by atoms with van der Waals surface area (Å²) in [5.41, 5.74) is 7.08. The van der Waals surface area contributed by atoms with Gasteiger partial charge in [0.25, 0.3) is 5.91 Å². The average Bonchev–Trinajstić information content (AvgIpc) is 3.25. The molecule has 1 aliphatic carbocycles. The molecule has 1 aromatic rings. The van der Waals surface area contributed by atoms with Crippen LogP contribution in [0.1, 0.15) is 41.6 Å². The van der Waals surface area contributed by atoms with Crippen LogP contribution in [0.4, 0.5) is 0 Å². The van der Waals surface area contributed by atoms with E-state index in [-0.39, 0.29) is 17.9 Å². The van der Waals surface area contributed by atoms with E-state index in [0.717, 1.165) is 24.8 Å². The summed E-state index contributed by atoms with van der Waals surface area (Å²) in [5, 5.41) is 5.83. The van der Waals surface area contributed by atoms with E-state index < -0.39 is 6.10 Å². The van der Waals surface area contributed by atoms with Crippen molar-refractivity contribution in [2.45, 2.75) is 50.5 Å². The highest BCUT2D eigenvalue weighted by atomic mass is 16.5. The topological polar surface area (TPSA) is 93.5 Å². The van der Waals surface area contributed by atoms with Gasteiger partial charge in [0, 0.05) is 24.7 Å². The van der Waals surface area contributed by atoms with E-state index in [2.05, 4.69) is 10.6 Å². The van der Waals surface area contributed by atoms with Crippen LogP contribution in [0.3, 0.4) is 0 Å². The Morgan fingerprint density at radius 1 is 1.22 bits per heavy atom. The Bertz CT molecular complexity index is 586. The molecule has 0 aromatic heterocycles. The van der Waals surface area contributed by atoms with Gasteiger partial charge >= 0.3 is 0 Å². The van der Waals surface area contributed by atoms with Crippen LogP contribution in [0.15, 0.2) is 24.3 Å². The SMILES string of the molecule is NC[C@H]1CC[C@@H](C(=O)NCc2cccc(C(=O)NC3CC3)c2)O1. The summed E-state index contributed by atoms with van der Waals surface area (Å²) in [6.45, 7) is 0.832. The largest absolute Gasteiger partial charge is 0.364 e. The van der Waals surface area contributed by atoms with Crippen molar-refractivity contribution in [3.8, 4) is 0 Å². The number of nitrogens with two attached hydrogens (primary N) is 1. The highest BCUT2D eigenvalue weighted by molar-refractivity contribution is 5.94. The van der Waals surface area contributed by atoms with Gasteiger partial charge in [-0.3, -0.25) is 9.59 Å². The maximum absolute atomic E-state index is 12.1. The monoisotopic (exact) mass is 317 g/mol. The van der Waals surface area contributed by atoms with Gasteiger partial charge < -0.3 is 21.1 Å². The molecular formula is C17H23N3O3. The molecule has 1 aromatic carbocycles. The number of ether oxygens (including phenoxy) is 1. The molecule has 0 bridgehead atoms. The summed E-state index contributed by atoms with van der Waals surface area (Å²) in [4.78, 5) is 24.1. The van der Waals surface area contributed by atoms with Crippen molar-refractivity contribution < 1.29 is 14.3 Å². The Kier molecular flexibility index (Phi) is 4.93. The zero-order valence-corrected chi connectivity index (χ0v) is 13.1. The molecule has 2 fully saturated rings. The third-order valence-corrected chi connectivity index (χ3v) is 4.23. The molecular weight excluding hydrogens is 294 g/mol. The Labute approximate surface area is 135 Å². The number of rotatable bonds is 6. The van der Waals surface area contributed by atoms with E-state index in [1.807, 2.05) is 18.2 Å². The first-order valence-corrected chi connectivity index (χ1v) is 8.18. The predicted molar refractivity (Wildman–Crippen MR) is 85.7 cm³/mol. The first kappa shape index (κ1) is 16.0. The number of hydrogen-bond donors (Lipinski definition) is 3. The van der Waals surface area contributed by atoms with Gasteiger partial charge in [-0.25, -0.2) is 0 Å². The summed E-state index contributed by atoms with van der Waals surface area (Å²) in [5.74, 6) is -0.167. The molecule has 2 atom stereocenters. The number of carbonyl (C=O) groups excluding carboxylic acids is 2. The van der Waals surface area contributed by atoms with Gasteiger partial charge in [0.15, 0.2) is 0 Å². The molecule has 1 heterocycles. The van der Waals surface area contributed by atoms with E-state index in [4.69, 9.17) is 10.5 Å². The van der Waals surface area contributed by atoms with Crippen LogP contribution in [-0.2, 0) is 16.1 Å². The van der Waals surface area contributed by atoms with Crippen LogP contribution in [0.5, 0.6) is 0 Å². The summed E-state index contributed by atoms with van der Waals surface area (Å²) < 4.78 is 5.57. The Morgan fingerprint density at radius 3 is 2.74 bits per heavy atom. The van der Waals surface area contributed by atoms with Crippen molar-refractivity contribution in [1.29, 1.82) is 0 Å². The van der Waals surface area contributed by atoms with Crippen LogP contribution in [0, 0.1) is 0 Å². The fraction of sp³-hybridized carbons (Fsp3) is 0.529. The number of hydrogen-bond acceptors (Lipinski definition) is 4. The molecule has 2 aliphatic rings. The Morgan fingerprint density at radius 2 is 2.04 bits per heavy atom. The molecule has 0 spiro atoms. The third kappa shape index (κ3) is 4.30. The predicted octanol–water partition coefficient (Wildman–Crippen LogP) is 0.701. The maximum atomic E-state index is 12.1. The molecule has 1 aliphatic heterocycles. The first-order valence-electron chi connectivity index (χ1n) is 8.18. The second-order valence-electron chi connectivity index (χ2n) is 6.23. The minimum atomic E-state index is -0.412. The molecule has 6 heteroatoms. The molecule has 4 N–H and O–H groups in total. The zero-order valence-electron chi connectivity index (χ0n) is 13.1. The zero-order chi connectivity index (χ0) is 16.2. The van der Waals surface area contributed by atoms with Gasteiger partial charge in [-0.05, 0) is 43.4 Å². The van der Waals surface area contributed by atoms with Crippen LogP contribution in [0.2, 0.25) is 0 Å². The molecule has 3 rings (SSSR count). The Balaban J connectivity index is 1.51. The smallest absolute Gasteiger partial charge is 0.251 e. The van der Waals surface area contributed by atoms with Gasteiger partial charge in [-0.1, -0.05) is 12.1 Å². The summed E-state index contributed by atoms with van der Waals surface area (Å²) in [7, 11) is 0. The van der Waals surface area contributed by atoms with Gasteiger partial charge in [0.05, 0.1) is 6.10 Å². The molecule has 1 saturated carbocycles. The molecule has 0 radical (unpaired) electrons. The van der Waals surface area contributed by atoms with E-state index >= 15 is 0 Å². The van der Waals surface area contributed by atoms with Crippen LogP contribution in [-0.4, -0.2) is 36.6 Å². The van der Waals surface area contributed by atoms with Crippen LogP contribution >= 0.6 is 0 Å². The quantitative estimate of drug-likeness (QED) is 0.720. The standard InChI is InChI=1S/C17H23N3O3/c18-9-14-6-7-15(23-14)17(22)19-10-11-2-1-3-12(8-11)16(21)20-13-4-5-13/h1-3,8,13-15H,4-7,9-10,18H2,(H,19,22)(H,20,21)/t14-,15+/m1/s1. The lowest BCUT2D eigenvalue weighted by Crippen LogP contribution is -2.35. The van der Waals surface area contributed by atoms with Gasteiger partial charge in [0.2, 0.25) is 5.91 Å². The van der Waals surface area contributed by atoms with Crippen molar-refractivity contribution in [2.24, 2.45) is 5.73 Å².